The minimum Gasteiger partial charge on any atom is -0.496 e. The average molecular weight is 381 g/mol. The van der Waals surface area contributed by atoms with Gasteiger partial charge in [0.1, 0.15) is 18.1 Å². The first-order valence-corrected chi connectivity index (χ1v) is 9.15. The van der Waals surface area contributed by atoms with Gasteiger partial charge in [0.15, 0.2) is 0 Å². The number of methoxy groups -OCH3 is 1. The van der Waals surface area contributed by atoms with Gasteiger partial charge in [-0.15, -0.1) is 0 Å². The van der Waals surface area contributed by atoms with E-state index in [-0.39, 0.29) is 18.4 Å². The van der Waals surface area contributed by atoms with Crippen LogP contribution in [0.2, 0.25) is 0 Å². The van der Waals surface area contributed by atoms with Gasteiger partial charge in [-0.2, -0.15) is 0 Å². The maximum Gasteiger partial charge on any atom is 0.326 e. The molecule has 0 unspecified atom stereocenters. The van der Waals surface area contributed by atoms with E-state index in [4.69, 9.17) is 9.47 Å². The standard InChI is InChI=1S/C21H23N3O4/c1-3-28-20(25)14-24-17-10-6-5-9-16(17)23-19(24)12-13-22-21(26)15-8-4-7-11-18(15)27-2/h4-11H,3,12-14H2,1-2H3,(H,22,26). The number of ether oxygens (including phenoxy) is 2. The molecule has 0 fully saturated rings. The Morgan fingerprint density at radius 2 is 1.86 bits per heavy atom. The molecule has 1 amide bonds. The summed E-state index contributed by atoms with van der Waals surface area (Å²) in [5, 5.41) is 2.88. The molecule has 1 N–H and O–H groups in total. The molecule has 7 heteroatoms. The number of nitrogens with one attached hydrogen (secondary N) is 1. The Hall–Kier alpha value is -3.35. The van der Waals surface area contributed by atoms with Crippen LogP contribution in [0.5, 0.6) is 5.75 Å². The molecule has 0 aliphatic carbocycles. The van der Waals surface area contributed by atoms with Crippen LogP contribution in [0.15, 0.2) is 48.5 Å². The molecule has 0 saturated carbocycles. The first-order valence-electron chi connectivity index (χ1n) is 9.15. The Morgan fingerprint density at radius 3 is 2.64 bits per heavy atom. The van der Waals surface area contributed by atoms with E-state index in [1.54, 1.807) is 25.1 Å². The van der Waals surface area contributed by atoms with E-state index >= 15 is 0 Å². The Kier molecular flexibility index (Phi) is 6.26. The molecule has 7 nitrogen and oxygen atoms in total. The van der Waals surface area contributed by atoms with Crippen LogP contribution in [-0.2, 0) is 22.5 Å². The number of amides is 1. The number of carbonyl (C=O) groups is 2. The van der Waals surface area contributed by atoms with Crippen molar-refractivity contribution in [1.82, 2.24) is 14.9 Å². The van der Waals surface area contributed by atoms with Gasteiger partial charge in [0.05, 0.1) is 30.3 Å². The minimum absolute atomic E-state index is 0.0874. The maximum atomic E-state index is 12.4. The van der Waals surface area contributed by atoms with Crippen LogP contribution >= 0.6 is 0 Å². The summed E-state index contributed by atoms with van der Waals surface area (Å²) < 4.78 is 12.1. The Labute approximate surface area is 163 Å². The number of rotatable bonds is 8. The normalized spacial score (nSPS) is 10.6. The van der Waals surface area contributed by atoms with Crippen molar-refractivity contribution in [2.75, 3.05) is 20.3 Å². The first-order chi connectivity index (χ1) is 13.6. The first kappa shape index (κ1) is 19.4. The van der Waals surface area contributed by atoms with Gasteiger partial charge in [-0.3, -0.25) is 9.59 Å². The molecule has 28 heavy (non-hydrogen) atoms. The number of aromatic nitrogens is 2. The van der Waals surface area contributed by atoms with Crippen molar-refractivity contribution in [2.45, 2.75) is 19.9 Å². The molecule has 3 aromatic rings. The smallest absolute Gasteiger partial charge is 0.326 e. The second-order valence-corrected chi connectivity index (χ2v) is 6.11. The van der Waals surface area contributed by atoms with E-state index in [0.717, 1.165) is 16.9 Å². The molecular weight excluding hydrogens is 358 g/mol. The molecule has 0 spiro atoms. The molecule has 1 aromatic heterocycles. The zero-order valence-corrected chi connectivity index (χ0v) is 16.0. The molecular formula is C21H23N3O4. The van der Waals surface area contributed by atoms with E-state index < -0.39 is 0 Å². The predicted molar refractivity (Wildman–Crippen MR) is 105 cm³/mol. The Bertz CT molecular complexity index is 981. The fourth-order valence-electron chi connectivity index (χ4n) is 3.04. The average Bonchev–Trinajstić information content (AvgIpc) is 3.05. The zero-order valence-electron chi connectivity index (χ0n) is 16.0. The lowest BCUT2D eigenvalue weighted by Gasteiger charge is -2.11. The van der Waals surface area contributed by atoms with Crippen molar-refractivity contribution < 1.29 is 19.1 Å². The summed E-state index contributed by atoms with van der Waals surface area (Å²) in [5.74, 6) is 0.708. The van der Waals surface area contributed by atoms with E-state index in [1.165, 1.54) is 7.11 Å². The van der Waals surface area contributed by atoms with Crippen molar-refractivity contribution in [3.8, 4) is 5.75 Å². The number of benzene rings is 2. The molecule has 0 atom stereocenters. The van der Waals surface area contributed by atoms with Crippen LogP contribution in [0.3, 0.4) is 0 Å². The molecule has 0 bridgehead atoms. The van der Waals surface area contributed by atoms with Crippen molar-refractivity contribution in [3.05, 3.63) is 59.9 Å². The minimum atomic E-state index is -0.315. The summed E-state index contributed by atoms with van der Waals surface area (Å²) in [6, 6.07) is 14.7. The van der Waals surface area contributed by atoms with Crippen LogP contribution < -0.4 is 10.1 Å². The Morgan fingerprint density at radius 1 is 1.11 bits per heavy atom. The summed E-state index contributed by atoms with van der Waals surface area (Å²) in [5.41, 5.74) is 2.14. The number of nitrogens with zero attached hydrogens (tertiary/aromatic N) is 2. The molecule has 0 aliphatic rings. The zero-order chi connectivity index (χ0) is 19.9. The fourth-order valence-corrected chi connectivity index (χ4v) is 3.04. The van der Waals surface area contributed by atoms with Crippen molar-refractivity contribution in [3.63, 3.8) is 0 Å². The van der Waals surface area contributed by atoms with Gasteiger partial charge in [-0.1, -0.05) is 24.3 Å². The van der Waals surface area contributed by atoms with Crippen LogP contribution in [0.4, 0.5) is 0 Å². The number of fused-ring (bicyclic) bond motifs is 1. The largest absolute Gasteiger partial charge is 0.496 e. The number of hydrogen-bond acceptors (Lipinski definition) is 5. The third kappa shape index (κ3) is 4.31. The fraction of sp³-hybridized carbons (Fsp3) is 0.286. The number of esters is 1. The van der Waals surface area contributed by atoms with Crippen LogP contribution in [-0.4, -0.2) is 41.7 Å². The lowest BCUT2D eigenvalue weighted by atomic mass is 10.2. The van der Waals surface area contributed by atoms with E-state index in [2.05, 4.69) is 10.3 Å². The second kappa shape index (κ2) is 9.03. The van der Waals surface area contributed by atoms with Gasteiger partial charge >= 0.3 is 5.97 Å². The van der Waals surface area contributed by atoms with E-state index in [0.29, 0.717) is 30.9 Å². The maximum absolute atomic E-state index is 12.4. The van der Waals surface area contributed by atoms with E-state index in [9.17, 15) is 9.59 Å². The molecule has 0 aliphatic heterocycles. The molecule has 1 heterocycles. The summed E-state index contributed by atoms with van der Waals surface area (Å²) in [4.78, 5) is 29.0. The highest BCUT2D eigenvalue weighted by atomic mass is 16.5. The summed E-state index contributed by atoms with van der Waals surface area (Å²) in [6.45, 7) is 2.57. The lowest BCUT2D eigenvalue weighted by molar-refractivity contribution is -0.143. The highest BCUT2D eigenvalue weighted by molar-refractivity contribution is 5.96. The number of hydrogen-bond donors (Lipinski definition) is 1. The van der Waals surface area contributed by atoms with Gasteiger partial charge in [0.25, 0.3) is 5.91 Å². The number of carbonyl (C=O) groups excluding carboxylic acids is 2. The molecule has 2 aromatic carbocycles. The van der Waals surface area contributed by atoms with Crippen LogP contribution in [0.25, 0.3) is 11.0 Å². The molecule has 146 valence electrons. The monoisotopic (exact) mass is 381 g/mol. The second-order valence-electron chi connectivity index (χ2n) is 6.11. The van der Waals surface area contributed by atoms with Gasteiger partial charge in [0.2, 0.25) is 0 Å². The molecule has 0 radical (unpaired) electrons. The SMILES string of the molecule is CCOC(=O)Cn1c(CCNC(=O)c2ccccc2OC)nc2ccccc21. The topological polar surface area (TPSA) is 82.5 Å². The quantitative estimate of drug-likeness (QED) is 0.607. The number of para-hydroxylation sites is 3. The highest BCUT2D eigenvalue weighted by Crippen LogP contribution is 2.18. The van der Waals surface area contributed by atoms with Gasteiger partial charge in [-0.05, 0) is 31.2 Å². The third-order valence-corrected chi connectivity index (χ3v) is 4.31. The van der Waals surface area contributed by atoms with Gasteiger partial charge in [-0.25, -0.2) is 4.98 Å². The third-order valence-electron chi connectivity index (χ3n) is 4.31. The summed E-state index contributed by atoms with van der Waals surface area (Å²) in [6.07, 6.45) is 0.481. The lowest BCUT2D eigenvalue weighted by Crippen LogP contribution is -2.27. The van der Waals surface area contributed by atoms with Crippen molar-refractivity contribution in [1.29, 1.82) is 0 Å². The van der Waals surface area contributed by atoms with Crippen LogP contribution in [0, 0.1) is 0 Å². The molecule has 0 saturated heterocycles. The van der Waals surface area contributed by atoms with Crippen molar-refractivity contribution >= 4 is 22.9 Å². The summed E-state index contributed by atoms with van der Waals surface area (Å²) >= 11 is 0. The van der Waals surface area contributed by atoms with Crippen molar-refractivity contribution in [2.24, 2.45) is 0 Å². The predicted octanol–water partition coefficient (Wildman–Crippen LogP) is 2.58. The highest BCUT2D eigenvalue weighted by Gasteiger charge is 2.15. The number of imidazole rings is 1. The Balaban J connectivity index is 1.73. The van der Waals surface area contributed by atoms with Gasteiger partial charge < -0.3 is 19.4 Å². The van der Waals surface area contributed by atoms with E-state index in [1.807, 2.05) is 34.9 Å². The van der Waals surface area contributed by atoms with Gasteiger partial charge in [0, 0.05) is 13.0 Å². The molecule has 3 rings (SSSR count). The summed E-state index contributed by atoms with van der Waals surface area (Å²) in [7, 11) is 1.53. The van der Waals surface area contributed by atoms with Crippen LogP contribution in [0.1, 0.15) is 23.1 Å².